The number of hydrogen-bond acceptors (Lipinski definition) is 3. The molecule has 7 heteroatoms. The van der Waals surface area contributed by atoms with E-state index in [1.54, 1.807) is 12.1 Å². The molecular weight excluding hydrogens is 367 g/mol. The average Bonchev–Trinajstić information content (AvgIpc) is 2.68. The van der Waals surface area contributed by atoms with E-state index in [9.17, 15) is 18.0 Å². The van der Waals surface area contributed by atoms with Gasteiger partial charge in [0.05, 0.1) is 11.6 Å². The summed E-state index contributed by atoms with van der Waals surface area (Å²) in [5.41, 5.74) is 1.09. The fraction of sp³-hybridized carbons (Fsp3) is 0.143. The second-order valence-corrected chi connectivity index (χ2v) is 6.24. The maximum atomic E-state index is 12.6. The number of amides is 1. The van der Waals surface area contributed by atoms with Gasteiger partial charge < -0.3 is 10.6 Å². The first-order valence-electron chi connectivity index (χ1n) is 8.59. The number of pyridine rings is 1. The van der Waals surface area contributed by atoms with Gasteiger partial charge in [-0.1, -0.05) is 30.3 Å². The van der Waals surface area contributed by atoms with Crippen molar-refractivity contribution in [2.24, 2.45) is 0 Å². The van der Waals surface area contributed by atoms with E-state index in [1.165, 1.54) is 18.3 Å². The third kappa shape index (κ3) is 4.88. The summed E-state index contributed by atoms with van der Waals surface area (Å²) in [4.78, 5) is 16.6. The van der Waals surface area contributed by atoms with Crippen molar-refractivity contribution < 1.29 is 18.0 Å². The van der Waals surface area contributed by atoms with E-state index in [0.717, 1.165) is 17.7 Å². The number of nitrogens with one attached hydrogen (secondary N) is 2. The molecule has 0 fully saturated rings. The van der Waals surface area contributed by atoms with Gasteiger partial charge in [-0.3, -0.25) is 4.79 Å². The van der Waals surface area contributed by atoms with E-state index in [1.807, 2.05) is 37.3 Å². The molecule has 0 aliphatic heterocycles. The zero-order chi connectivity index (χ0) is 20.1. The molecule has 3 aromatic rings. The first-order valence-corrected chi connectivity index (χ1v) is 8.59. The van der Waals surface area contributed by atoms with E-state index < -0.39 is 11.7 Å². The molecule has 144 valence electrons. The van der Waals surface area contributed by atoms with Crippen LogP contribution in [0.3, 0.4) is 0 Å². The zero-order valence-corrected chi connectivity index (χ0v) is 15.0. The molecule has 2 N–H and O–H groups in total. The fourth-order valence-corrected chi connectivity index (χ4v) is 2.64. The molecule has 1 unspecified atom stereocenters. The molecule has 28 heavy (non-hydrogen) atoms. The van der Waals surface area contributed by atoms with Gasteiger partial charge in [-0.2, -0.15) is 13.2 Å². The molecule has 0 bridgehead atoms. The van der Waals surface area contributed by atoms with Crippen LogP contribution in [0, 0.1) is 0 Å². The number of aromatic nitrogens is 1. The molecule has 0 spiro atoms. The lowest BCUT2D eigenvalue weighted by molar-refractivity contribution is -0.137. The Bertz CT molecular complexity index is 941. The number of nitrogens with zero attached hydrogens (tertiary/aromatic N) is 1. The van der Waals surface area contributed by atoms with E-state index in [0.29, 0.717) is 17.1 Å². The maximum Gasteiger partial charge on any atom is 0.416 e. The normalized spacial score (nSPS) is 12.3. The van der Waals surface area contributed by atoms with Crippen LogP contribution in [0.15, 0.2) is 72.9 Å². The minimum absolute atomic E-state index is 0.173. The van der Waals surface area contributed by atoms with Crippen LogP contribution in [0.5, 0.6) is 0 Å². The smallest absolute Gasteiger partial charge is 0.346 e. The summed E-state index contributed by atoms with van der Waals surface area (Å²) < 4.78 is 37.9. The molecule has 0 radical (unpaired) electrons. The topological polar surface area (TPSA) is 54.0 Å². The second-order valence-electron chi connectivity index (χ2n) is 6.24. The zero-order valence-electron chi connectivity index (χ0n) is 15.0. The minimum atomic E-state index is -4.38. The molecular formula is C21H18F3N3O. The molecule has 3 rings (SSSR count). The summed E-state index contributed by atoms with van der Waals surface area (Å²) in [5.74, 6) is 0.0917. The number of anilines is 2. The highest BCUT2D eigenvalue weighted by molar-refractivity contribution is 5.95. The highest BCUT2D eigenvalue weighted by Gasteiger charge is 2.29. The molecule has 1 heterocycles. The third-order valence-corrected chi connectivity index (χ3v) is 4.15. The summed E-state index contributed by atoms with van der Waals surface area (Å²) >= 11 is 0. The summed E-state index contributed by atoms with van der Waals surface area (Å²) in [7, 11) is 0. The molecule has 1 amide bonds. The summed E-state index contributed by atoms with van der Waals surface area (Å²) in [5, 5.41) is 5.81. The maximum absolute atomic E-state index is 12.6. The molecule has 4 nitrogen and oxygen atoms in total. The first kappa shape index (κ1) is 19.4. The van der Waals surface area contributed by atoms with Crippen molar-refractivity contribution in [2.75, 3.05) is 5.32 Å². The molecule has 0 aliphatic rings. The molecule has 0 saturated carbocycles. The highest BCUT2D eigenvalue weighted by atomic mass is 19.4. The van der Waals surface area contributed by atoms with Crippen LogP contribution in [-0.4, -0.2) is 10.9 Å². The molecule has 0 saturated heterocycles. The standard InChI is InChI=1S/C21H18F3N3O/c1-14(15-5-3-2-4-6-15)26-20(28)16-11-12-25-19(13-16)27-18-9-7-17(8-10-18)21(22,23)24/h2-14H,1H3,(H,25,27)(H,26,28). The van der Waals surface area contributed by atoms with Gasteiger partial charge in [0.1, 0.15) is 5.82 Å². The quantitative estimate of drug-likeness (QED) is 0.624. The van der Waals surface area contributed by atoms with Gasteiger partial charge >= 0.3 is 6.18 Å². The van der Waals surface area contributed by atoms with Crippen molar-refractivity contribution in [1.82, 2.24) is 10.3 Å². The predicted molar refractivity (Wildman–Crippen MR) is 101 cm³/mol. The predicted octanol–water partition coefficient (Wildman–Crippen LogP) is 5.34. The lowest BCUT2D eigenvalue weighted by Crippen LogP contribution is -2.26. The first-order chi connectivity index (χ1) is 13.3. The van der Waals surface area contributed by atoms with Gasteiger partial charge in [-0.25, -0.2) is 4.98 Å². The van der Waals surface area contributed by atoms with Gasteiger partial charge in [0.2, 0.25) is 0 Å². The molecule has 0 aliphatic carbocycles. The molecule has 1 aromatic heterocycles. The Kier molecular flexibility index (Phi) is 5.63. The van der Waals surface area contributed by atoms with Crippen LogP contribution in [0.25, 0.3) is 0 Å². The van der Waals surface area contributed by atoms with Gasteiger partial charge in [0.25, 0.3) is 5.91 Å². The summed E-state index contributed by atoms with van der Waals surface area (Å²) in [6.45, 7) is 1.88. The van der Waals surface area contributed by atoms with Gasteiger partial charge in [0.15, 0.2) is 0 Å². The largest absolute Gasteiger partial charge is 0.416 e. The third-order valence-electron chi connectivity index (χ3n) is 4.15. The molecule has 1 atom stereocenters. The average molecular weight is 385 g/mol. The van der Waals surface area contributed by atoms with Gasteiger partial charge in [0, 0.05) is 17.4 Å². The Morgan fingerprint density at radius 3 is 2.32 bits per heavy atom. The van der Waals surface area contributed by atoms with Crippen LogP contribution >= 0.6 is 0 Å². The summed E-state index contributed by atoms with van der Waals surface area (Å²) in [6.07, 6.45) is -2.92. The summed E-state index contributed by atoms with van der Waals surface area (Å²) in [6, 6.07) is 17.1. The number of hydrogen-bond donors (Lipinski definition) is 2. The van der Waals surface area contributed by atoms with Crippen molar-refractivity contribution in [3.05, 3.63) is 89.6 Å². The lowest BCUT2D eigenvalue weighted by atomic mass is 10.1. The molecule has 2 aromatic carbocycles. The van der Waals surface area contributed by atoms with E-state index in [2.05, 4.69) is 15.6 Å². The van der Waals surface area contributed by atoms with Crippen LogP contribution in [0.1, 0.15) is 34.5 Å². The number of carbonyl (C=O) groups is 1. The van der Waals surface area contributed by atoms with Crippen molar-refractivity contribution >= 4 is 17.4 Å². The second kappa shape index (κ2) is 8.12. The Balaban J connectivity index is 1.69. The fourth-order valence-electron chi connectivity index (χ4n) is 2.64. The lowest BCUT2D eigenvalue weighted by Gasteiger charge is -2.15. The van der Waals surface area contributed by atoms with Crippen molar-refractivity contribution in [3.8, 4) is 0 Å². The van der Waals surface area contributed by atoms with Crippen molar-refractivity contribution in [2.45, 2.75) is 19.1 Å². The Morgan fingerprint density at radius 2 is 1.68 bits per heavy atom. The van der Waals surface area contributed by atoms with Crippen LogP contribution in [0.2, 0.25) is 0 Å². The van der Waals surface area contributed by atoms with Crippen LogP contribution in [0.4, 0.5) is 24.7 Å². The Labute approximate surface area is 160 Å². The van der Waals surface area contributed by atoms with Crippen LogP contribution in [-0.2, 0) is 6.18 Å². The monoisotopic (exact) mass is 385 g/mol. The van der Waals surface area contributed by atoms with Crippen LogP contribution < -0.4 is 10.6 Å². The van der Waals surface area contributed by atoms with Crippen molar-refractivity contribution in [1.29, 1.82) is 0 Å². The van der Waals surface area contributed by atoms with Gasteiger partial charge in [-0.05, 0) is 48.9 Å². The minimum Gasteiger partial charge on any atom is -0.346 e. The SMILES string of the molecule is CC(NC(=O)c1ccnc(Nc2ccc(C(F)(F)F)cc2)c1)c1ccccc1. The highest BCUT2D eigenvalue weighted by Crippen LogP contribution is 2.30. The van der Waals surface area contributed by atoms with E-state index >= 15 is 0 Å². The number of halogens is 3. The Hall–Kier alpha value is -3.35. The number of alkyl halides is 3. The number of rotatable bonds is 5. The van der Waals surface area contributed by atoms with E-state index in [4.69, 9.17) is 0 Å². The van der Waals surface area contributed by atoms with Crippen molar-refractivity contribution in [3.63, 3.8) is 0 Å². The van der Waals surface area contributed by atoms with Gasteiger partial charge in [-0.15, -0.1) is 0 Å². The number of carbonyl (C=O) groups excluding carboxylic acids is 1. The van der Waals surface area contributed by atoms with E-state index in [-0.39, 0.29) is 11.9 Å². The number of benzene rings is 2. The Morgan fingerprint density at radius 1 is 1.00 bits per heavy atom.